The van der Waals surface area contributed by atoms with Crippen LogP contribution in [0.3, 0.4) is 0 Å². The van der Waals surface area contributed by atoms with Crippen LogP contribution in [0.1, 0.15) is 6.92 Å². The molecule has 0 saturated heterocycles. The van der Waals surface area contributed by atoms with Crippen LogP contribution in [0.4, 0.5) is 10.9 Å². The van der Waals surface area contributed by atoms with Gasteiger partial charge < -0.3 is 5.32 Å². The van der Waals surface area contributed by atoms with E-state index in [2.05, 4.69) is 24.8 Å². The zero-order valence-corrected chi connectivity index (χ0v) is 11.1. The van der Waals surface area contributed by atoms with Gasteiger partial charge in [0.25, 0.3) is 0 Å². The molecule has 96 valence electrons. The maximum atomic E-state index is 4.43. The maximum absolute atomic E-state index is 4.43. The Kier molecular flexibility index (Phi) is 3.20. The van der Waals surface area contributed by atoms with Gasteiger partial charge in [-0.15, -0.1) is 0 Å². The molecule has 0 spiro atoms. The van der Waals surface area contributed by atoms with Crippen molar-refractivity contribution in [1.82, 2.24) is 24.1 Å². The lowest BCUT2D eigenvalue weighted by atomic mass is 10.3. The van der Waals surface area contributed by atoms with Crippen LogP contribution >= 0.6 is 11.5 Å². The molecular weight excluding hydrogens is 260 g/mol. The van der Waals surface area contributed by atoms with Crippen molar-refractivity contribution in [2.75, 3.05) is 5.32 Å². The van der Waals surface area contributed by atoms with E-state index < -0.39 is 0 Å². The molecule has 0 fully saturated rings. The van der Waals surface area contributed by atoms with Gasteiger partial charge >= 0.3 is 0 Å². The van der Waals surface area contributed by atoms with E-state index in [-0.39, 0.29) is 0 Å². The van der Waals surface area contributed by atoms with Crippen LogP contribution < -0.4 is 5.32 Å². The second kappa shape index (κ2) is 5.15. The van der Waals surface area contributed by atoms with Crippen LogP contribution in [0.15, 0.2) is 36.8 Å². The molecule has 0 aromatic carbocycles. The van der Waals surface area contributed by atoms with Crippen LogP contribution in [0.2, 0.25) is 0 Å². The standard InChI is InChI=1S/C12H12N6S/c1-2-18-8-9(7-14-18)11-16-12(19-17-11)15-10-5-3-4-6-13-10/h3-8H,2H2,1H3,(H,13,15,16,17). The summed E-state index contributed by atoms with van der Waals surface area (Å²) in [7, 11) is 0. The summed E-state index contributed by atoms with van der Waals surface area (Å²) < 4.78 is 6.17. The fourth-order valence-electron chi connectivity index (χ4n) is 1.59. The summed E-state index contributed by atoms with van der Waals surface area (Å²) in [5, 5.41) is 8.05. The molecule has 0 unspecified atom stereocenters. The fourth-order valence-corrected chi connectivity index (χ4v) is 2.19. The summed E-state index contributed by atoms with van der Waals surface area (Å²) in [6.07, 6.45) is 5.44. The Labute approximate surface area is 114 Å². The van der Waals surface area contributed by atoms with Gasteiger partial charge in [-0.05, 0) is 19.1 Å². The Morgan fingerprint density at radius 2 is 2.32 bits per heavy atom. The zero-order valence-electron chi connectivity index (χ0n) is 10.3. The number of pyridine rings is 1. The largest absolute Gasteiger partial charge is 0.315 e. The van der Waals surface area contributed by atoms with E-state index in [1.807, 2.05) is 36.0 Å². The van der Waals surface area contributed by atoms with E-state index in [1.165, 1.54) is 11.5 Å². The SMILES string of the molecule is CCn1cc(-c2nsc(Nc3ccccn3)n2)cn1. The molecule has 0 saturated carbocycles. The Hall–Kier alpha value is -2.28. The number of rotatable bonds is 4. The number of aromatic nitrogens is 5. The third kappa shape index (κ3) is 2.60. The molecule has 0 bridgehead atoms. The molecule has 19 heavy (non-hydrogen) atoms. The van der Waals surface area contributed by atoms with E-state index in [0.29, 0.717) is 5.82 Å². The van der Waals surface area contributed by atoms with Crippen molar-refractivity contribution in [1.29, 1.82) is 0 Å². The van der Waals surface area contributed by atoms with E-state index in [1.54, 1.807) is 12.4 Å². The van der Waals surface area contributed by atoms with Gasteiger partial charge in [-0.3, -0.25) is 4.68 Å². The van der Waals surface area contributed by atoms with Gasteiger partial charge in [-0.2, -0.15) is 14.5 Å². The molecule has 6 nitrogen and oxygen atoms in total. The number of aryl methyl sites for hydroxylation is 1. The smallest absolute Gasteiger partial charge is 0.208 e. The normalized spacial score (nSPS) is 10.6. The lowest BCUT2D eigenvalue weighted by Crippen LogP contribution is -1.92. The molecule has 0 atom stereocenters. The number of nitrogens with one attached hydrogen (secondary N) is 1. The first-order chi connectivity index (χ1) is 9.35. The molecule has 3 heterocycles. The molecule has 1 N–H and O–H groups in total. The van der Waals surface area contributed by atoms with Crippen LogP contribution in [-0.2, 0) is 6.54 Å². The van der Waals surface area contributed by atoms with E-state index >= 15 is 0 Å². The van der Waals surface area contributed by atoms with Gasteiger partial charge in [0.2, 0.25) is 5.13 Å². The molecular formula is C12H12N6S. The van der Waals surface area contributed by atoms with Crippen LogP contribution in [0.25, 0.3) is 11.4 Å². The van der Waals surface area contributed by atoms with Crippen molar-refractivity contribution in [2.24, 2.45) is 0 Å². The van der Waals surface area contributed by atoms with Gasteiger partial charge in [0, 0.05) is 30.5 Å². The van der Waals surface area contributed by atoms with Gasteiger partial charge in [0.15, 0.2) is 5.82 Å². The number of nitrogens with zero attached hydrogens (tertiary/aromatic N) is 5. The Morgan fingerprint density at radius 1 is 1.37 bits per heavy atom. The summed E-state index contributed by atoms with van der Waals surface area (Å²) in [5.41, 5.74) is 0.923. The fraction of sp³-hybridized carbons (Fsp3) is 0.167. The quantitative estimate of drug-likeness (QED) is 0.790. The summed E-state index contributed by atoms with van der Waals surface area (Å²) >= 11 is 1.31. The molecule has 3 rings (SSSR count). The van der Waals surface area contributed by atoms with E-state index in [9.17, 15) is 0 Å². The van der Waals surface area contributed by atoms with Crippen molar-refractivity contribution < 1.29 is 0 Å². The van der Waals surface area contributed by atoms with Gasteiger partial charge in [0.1, 0.15) is 5.82 Å². The molecule has 0 aliphatic heterocycles. The molecule has 0 radical (unpaired) electrons. The number of hydrogen-bond donors (Lipinski definition) is 1. The van der Waals surface area contributed by atoms with Crippen molar-refractivity contribution in [3.8, 4) is 11.4 Å². The third-order valence-electron chi connectivity index (χ3n) is 2.54. The number of hydrogen-bond acceptors (Lipinski definition) is 6. The van der Waals surface area contributed by atoms with Gasteiger partial charge in [0.05, 0.1) is 11.8 Å². The minimum absolute atomic E-state index is 0.683. The highest BCUT2D eigenvalue weighted by Gasteiger charge is 2.08. The van der Waals surface area contributed by atoms with Crippen molar-refractivity contribution in [2.45, 2.75) is 13.5 Å². The first-order valence-corrected chi connectivity index (χ1v) is 6.67. The molecule has 0 aliphatic carbocycles. The average molecular weight is 272 g/mol. The molecule has 7 heteroatoms. The minimum Gasteiger partial charge on any atom is -0.315 e. The van der Waals surface area contributed by atoms with Gasteiger partial charge in [-0.1, -0.05) is 6.07 Å². The van der Waals surface area contributed by atoms with Crippen molar-refractivity contribution in [3.05, 3.63) is 36.8 Å². The van der Waals surface area contributed by atoms with Crippen molar-refractivity contribution in [3.63, 3.8) is 0 Å². The average Bonchev–Trinajstić information content (AvgIpc) is 3.08. The second-order valence-corrected chi connectivity index (χ2v) is 4.60. The molecule has 3 aromatic heterocycles. The Bertz CT molecular complexity index is 660. The third-order valence-corrected chi connectivity index (χ3v) is 3.17. The number of anilines is 2. The highest BCUT2D eigenvalue weighted by molar-refractivity contribution is 7.09. The minimum atomic E-state index is 0.683. The lowest BCUT2D eigenvalue weighted by Gasteiger charge is -1.98. The summed E-state index contributed by atoms with van der Waals surface area (Å²) in [6.45, 7) is 2.88. The van der Waals surface area contributed by atoms with Crippen molar-refractivity contribution >= 4 is 22.5 Å². The van der Waals surface area contributed by atoms with E-state index in [4.69, 9.17) is 0 Å². The lowest BCUT2D eigenvalue weighted by molar-refractivity contribution is 0.660. The molecule has 3 aromatic rings. The van der Waals surface area contributed by atoms with Crippen LogP contribution in [0, 0.1) is 0 Å². The Morgan fingerprint density at radius 3 is 3.05 bits per heavy atom. The second-order valence-electron chi connectivity index (χ2n) is 3.85. The zero-order chi connectivity index (χ0) is 13.1. The highest BCUT2D eigenvalue weighted by Crippen LogP contribution is 2.22. The monoisotopic (exact) mass is 272 g/mol. The van der Waals surface area contributed by atoms with E-state index in [0.717, 1.165) is 23.1 Å². The van der Waals surface area contributed by atoms with Gasteiger partial charge in [-0.25, -0.2) is 4.98 Å². The molecule has 0 amide bonds. The Balaban J connectivity index is 1.79. The summed E-state index contributed by atoms with van der Waals surface area (Å²) in [4.78, 5) is 8.61. The highest BCUT2D eigenvalue weighted by atomic mass is 32.1. The predicted molar refractivity (Wildman–Crippen MR) is 74.3 cm³/mol. The first-order valence-electron chi connectivity index (χ1n) is 5.90. The first kappa shape index (κ1) is 11.8. The molecule has 0 aliphatic rings. The topological polar surface area (TPSA) is 68.5 Å². The van der Waals surface area contributed by atoms with Crippen LogP contribution in [0.5, 0.6) is 0 Å². The predicted octanol–water partition coefficient (Wildman–Crippen LogP) is 2.56. The maximum Gasteiger partial charge on any atom is 0.208 e. The van der Waals surface area contributed by atoms with Crippen LogP contribution in [-0.4, -0.2) is 24.1 Å². The summed E-state index contributed by atoms with van der Waals surface area (Å²) in [5.74, 6) is 1.44. The summed E-state index contributed by atoms with van der Waals surface area (Å²) in [6, 6.07) is 5.68.